The maximum absolute atomic E-state index is 4.68. The van der Waals surface area contributed by atoms with Gasteiger partial charge in [-0.05, 0) is 13.3 Å². The fourth-order valence-electron chi connectivity index (χ4n) is 2.28. The summed E-state index contributed by atoms with van der Waals surface area (Å²) in [6.45, 7) is 3.75. The molecule has 4 rings (SSSR count). The highest BCUT2D eigenvalue weighted by atomic mass is 32.1. The third-order valence-corrected chi connectivity index (χ3v) is 5.17. The first-order valence-electron chi connectivity index (χ1n) is 7.53. The van der Waals surface area contributed by atoms with Crippen LogP contribution in [-0.4, -0.2) is 39.0 Å². The number of aromatic nitrogens is 4. The number of guanidine groups is 1. The van der Waals surface area contributed by atoms with Crippen LogP contribution in [0.1, 0.15) is 12.1 Å². The van der Waals surface area contributed by atoms with Crippen LogP contribution >= 0.6 is 22.7 Å². The van der Waals surface area contributed by atoms with E-state index in [1.54, 1.807) is 35.2 Å². The molecule has 0 saturated carbocycles. The lowest BCUT2D eigenvalue weighted by Crippen LogP contribution is -2.35. The molecule has 3 aromatic rings. The second-order valence-corrected chi connectivity index (χ2v) is 6.95. The van der Waals surface area contributed by atoms with Gasteiger partial charge in [-0.2, -0.15) is 0 Å². The van der Waals surface area contributed by atoms with E-state index in [0.29, 0.717) is 0 Å². The van der Waals surface area contributed by atoms with Crippen molar-refractivity contribution in [3.63, 3.8) is 0 Å². The van der Waals surface area contributed by atoms with Gasteiger partial charge in [-0.15, -0.1) is 22.7 Å². The molecule has 3 aromatic heterocycles. The number of aryl methyl sites for hydroxylation is 1. The predicted molar refractivity (Wildman–Crippen MR) is 97.5 cm³/mol. The number of nitrogens with zero attached hydrogens (tertiary/aromatic N) is 5. The van der Waals surface area contributed by atoms with E-state index in [-0.39, 0.29) is 0 Å². The number of anilines is 1. The molecule has 0 aliphatic carbocycles. The van der Waals surface area contributed by atoms with Crippen molar-refractivity contribution in [3.8, 4) is 22.0 Å². The van der Waals surface area contributed by atoms with Gasteiger partial charge < -0.3 is 10.6 Å². The quantitative estimate of drug-likeness (QED) is 0.749. The van der Waals surface area contributed by atoms with E-state index in [1.165, 1.54) is 0 Å². The number of rotatable bonds is 3. The van der Waals surface area contributed by atoms with E-state index in [0.717, 1.165) is 58.3 Å². The van der Waals surface area contributed by atoms with Crippen LogP contribution in [0.3, 0.4) is 0 Å². The highest BCUT2D eigenvalue weighted by Gasteiger charge is 2.13. The van der Waals surface area contributed by atoms with Crippen LogP contribution < -0.4 is 10.6 Å². The Morgan fingerprint density at radius 2 is 2.04 bits per heavy atom. The summed E-state index contributed by atoms with van der Waals surface area (Å²) in [6, 6.07) is 0. The van der Waals surface area contributed by atoms with Crippen LogP contribution in [0.25, 0.3) is 22.0 Å². The molecule has 9 heteroatoms. The maximum atomic E-state index is 4.68. The third kappa shape index (κ3) is 3.13. The van der Waals surface area contributed by atoms with E-state index in [9.17, 15) is 0 Å². The second-order valence-electron chi connectivity index (χ2n) is 5.23. The third-order valence-electron chi connectivity index (χ3n) is 3.54. The molecule has 0 saturated heterocycles. The standard InChI is InChI=1S/C15H15N7S2/c1-9-10(5-16-8-19-9)13-20-11(6-23-13)12-7-24-15(21-12)22-14-17-3-2-4-18-14/h5-8H,2-4H2,1H3,(H2,17,18,21,22). The van der Waals surface area contributed by atoms with Crippen LogP contribution in [-0.2, 0) is 0 Å². The van der Waals surface area contributed by atoms with Crippen LogP contribution in [0.5, 0.6) is 0 Å². The van der Waals surface area contributed by atoms with Gasteiger partial charge in [-0.25, -0.2) is 19.9 Å². The maximum Gasteiger partial charge on any atom is 0.197 e. The van der Waals surface area contributed by atoms with E-state index in [2.05, 4.69) is 35.6 Å². The molecule has 24 heavy (non-hydrogen) atoms. The van der Waals surface area contributed by atoms with Gasteiger partial charge in [0.25, 0.3) is 0 Å². The van der Waals surface area contributed by atoms with E-state index in [4.69, 9.17) is 0 Å². The molecule has 2 N–H and O–H groups in total. The molecule has 0 fully saturated rings. The molecule has 0 amide bonds. The number of thiazole rings is 2. The summed E-state index contributed by atoms with van der Waals surface area (Å²) in [5.41, 5.74) is 3.60. The first-order chi connectivity index (χ1) is 11.8. The lowest BCUT2D eigenvalue weighted by molar-refractivity contribution is 0.740. The minimum Gasteiger partial charge on any atom is -0.356 e. The van der Waals surface area contributed by atoms with Crippen molar-refractivity contribution in [2.24, 2.45) is 4.99 Å². The van der Waals surface area contributed by atoms with Gasteiger partial charge in [0, 0.05) is 30.0 Å². The normalized spacial score (nSPS) is 14.1. The SMILES string of the molecule is Cc1ncncc1-c1nc(-c2csc(NC3=NCCCN3)n2)cs1. The second kappa shape index (κ2) is 6.62. The largest absolute Gasteiger partial charge is 0.356 e. The van der Waals surface area contributed by atoms with Gasteiger partial charge in [-0.3, -0.25) is 4.99 Å². The zero-order valence-electron chi connectivity index (χ0n) is 13.0. The molecule has 7 nitrogen and oxygen atoms in total. The summed E-state index contributed by atoms with van der Waals surface area (Å²) < 4.78 is 0. The van der Waals surface area contributed by atoms with Crippen molar-refractivity contribution >= 4 is 33.8 Å². The van der Waals surface area contributed by atoms with Crippen LogP contribution in [0.2, 0.25) is 0 Å². The summed E-state index contributed by atoms with van der Waals surface area (Å²) in [6.07, 6.45) is 4.41. The molecule has 0 aromatic carbocycles. The molecule has 0 spiro atoms. The summed E-state index contributed by atoms with van der Waals surface area (Å²) in [5, 5.41) is 12.2. The number of hydrogen-bond acceptors (Lipinski definition) is 9. The van der Waals surface area contributed by atoms with Crippen LogP contribution in [0.15, 0.2) is 28.3 Å². The molecule has 0 radical (unpaired) electrons. The summed E-state index contributed by atoms with van der Waals surface area (Å²) in [4.78, 5) is 22.0. The van der Waals surface area contributed by atoms with Crippen LogP contribution in [0, 0.1) is 6.92 Å². The van der Waals surface area contributed by atoms with Gasteiger partial charge in [0.1, 0.15) is 22.7 Å². The van der Waals surface area contributed by atoms with Crippen molar-refractivity contribution in [2.45, 2.75) is 13.3 Å². The summed E-state index contributed by atoms with van der Waals surface area (Å²) in [7, 11) is 0. The topological polar surface area (TPSA) is 88.0 Å². The van der Waals surface area contributed by atoms with Gasteiger partial charge in [-0.1, -0.05) is 0 Å². The molecule has 1 aliphatic heterocycles. The zero-order valence-corrected chi connectivity index (χ0v) is 14.6. The number of nitrogens with one attached hydrogen (secondary N) is 2. The first kappa shape index (κ1) is 15.2. The van der Waals surface area contributed by atoms with Crippen molar-refractivity contribution in [1.82, 2.24) is 25.3 Å². The van der Waals surface area contributed by atoms with E-state index >= 15 is 0 Å². The Balaban J connectivity index is 1.55. The highest BCUT2D eigenvalue weighted by Crippen LogP contribution is 2.31. The Morgan fingerprint density at radius 3 is 2.88 bits per heavy atom. The van der Waals surface area contributed by atoms with E-state index in [1.807, 2.05) is 17.7 Å². The Hall–Kier alpha value is -2.39. The average molecular weight is 357 g/mol. The fourth-order valence-corrected chi connectivity index (χ4v) is 3.86. The minimum absolute atomic E-state index is 0.790. The molecule has 122 valence electrons. The Labute approximate surface area is 147 Å². The highest BCUT2D eigenvalue weighted by molar-refractivity contribution is 7.14. The van der Waals surface area contributed by atoms with Crippen molar-refractivity contribution in [3.05, 3.63) is 29.0 Å². The van der Waals surface area contributed by atoms with Crippen LogP contribution in [0.4, 0.5) is 5.13 Å². The van der Waals surface area contributed by atoms with Gasteiger partial charge >= 0.3 is 0 Å². The smallest absolute Gasteiger partial charge is 0.197 e. The Morgan fingerprint density at radius 1 is 1.17 bits per heavy atom. The summed E-state index contributed by atoms with van der Waals surface area (Å²) in [5.74, 6) is 0.790. The zero-order chi connectivity index (χ0) is 16.4. The lowest BCUT2D eigenvalue weighted by Gasteiger charge is -2.13. The van der Waals surface area contributed by atoms with Gasteiger partial charge in [0.05, 0.1) is 11.3 Å². The molecule has 0 atom stereocenters. The number of hydrogen-bond donors (Lipinski definition) is 2. The fraction of sp³-hybridized carbons (Fsp3) is 0.267. The minimum atomic E-state index is 0.790. The Bertz CT molecular complexity index is 883. The molecule has 0 bridgehead atoms. The molecule has 1 aliphatic rings. The van der Waals surface area contributed by atoms with Crippen molar-refractivity contribution < 1.29 is 0 Å². The summed E-state index contributed by atoms with van der Waals surface area (Å²) >= 11 is 3.12. The monoisotopic (exact) mass is 357 g/mol. The van der Waals surface area contributed by atoms with E-state index < -0.39 is 0 Å². The van der Waals surface area contributed by atoms with Crippen molar-refractivity contribution in [1.29, 1.82) is 0 Å². The Kier molecular flexibility index (Phi) is 4.18. The van der Waals surface area contributed by atoms with Crippen molar-refractivity contribution in [2.75, 3.05) is 18.4 Å². The average Bonchev–Trinajstić information content (AvgIpc) is 3.25. The number of aliphatic imine (C=N–C) groups is 1. The van der Waals surface area contributed by atoms with Gasteiger partial charge in [0.2, 0.25) is 0 Å². The first-order valence-corrected chi connectivity index (χ1v) is 9.29. The van der Waals surface area contributed by atoms with Gasteiger partial charge in [0.15, 0.2) is 11.1 Å². The lowest BCUT2D eigenvalue weighted by atomic mass is 10.2. The molecule has 4 heterocycles. The molecular formula is C15H15N7S2. The predicted octanol–water partition coefficient (Wildman–Crippen LogP) is 2.79. The molecular weight excluding hydrogens is 342 g/mol. The molecule has 0 unspecified atom stereocenters.